The zero-order valence-electron chi connectivity index (χ0n) is 20.1. The lowest BCUT2D eigenvalue weighted by Crippen LogP contribution is -2.64. The van der Waals surface area contributed by atoms with Gasteiger partial charge < -0.3 is 24.3 Å². The lowest BCUT2D eigenvalue weighted by Gasteiger charge is -2.49. The molecule has 3 aliphatic heterocycles. The summed E-state index contributed by atoms with van der Waals surface area (Å²) in [5.74, 6) is 0.915. The third kappa shape index (κ3) is 2.45. The van der Waals surface area contributed by atoms with Gasteiger partial charge in [-0.25, -0.2) is 0 Å². The van der Waals surface area contributed by atoms with Gasteiger partial charge in [0.05, 0.1) is 28.7 Å². The summed E-state index contributed by atoms with van der Waals surface area (Å²) >= 11 is 0. The molecule has 34 heavy (non-hydrogen) atoms. The van der Waals surface area contributed by atoms with Crippen molar-refractivity contribution in [1.29, 1.82) is 0 Å². The van der Waals surface area contributed by atoms with Crippen LogP contribution in [0.4, 0.5) is 17.1 Å². The molecule has 0 bridgehead atoms. The van der Waals surface area contributed by atoms with Gasteiger partial charge in [-0.05, 0) is 50.8 Å². The van der Waals surface area contributed by atoms with E-state index in [1.807, 2.05) is 6.07 Å². The van der Waals surface area contributed by atoms with E-state index in [0.29, 0.717) is 6.54 Å². The monoisotopic (exact) mass is 453 g/mol. The minimum atomic E-state index is -0.518. The fourth-order valence-electron chi connectivity index (χ4n) is 6.57. The lowest BCUT2D eigenvalue weighted by atomic mass is 9.77. The number of para-hydroxylation sites is 2. The molecule has 7 rings (SSSR count). The van der Waals surface area contributed by atoms with Crippen LogP contribution in [0.1, 0.15) is 38.7 Å². The molecule has 1 atom stereocenters. The molecule has 4 aromatic rings. The summed E-state index contributed by atoms with van der Waals surface area (Å²) in [4.78, 5) is 4.81. The van der Waals surface area contributed by atoms with Crippen molar-refractivity contribution in [3.63, 3.8) is 0 Å². The number of hydrogen-bond donors (Lipinski definition) is 1. The normalized spacial score (nSPS) is 23.1. The third-order valence-corrected chi connectivity index (χ3v) is 8.53. The first kappa shape index (κ1) is 20.1. The molecule has 0 saturated carbocycles. The Morgan fingerprint density at radius 2 is 1.68 bits per heavy atom. The van der Waals surface area contributed by atoms with Gasteiger partial charge in [0.15, 0.2) is 5.58 Å². The van der Waals surface area contributed by atoms with Gasteiger partial charge in [-0.1, -0.05) is 36.4 Å². The zero-order chi connectivity index (χ0) is 23.1. The second-order valence-corrected chi connectivity index (χ2v) is 10.6. The first-order valence-corrected chi connectivity index (χ1v) is 12.5. The van der Waals surface area contributed by atoms with Crippen molar-refractivity contribution in [1.82, 2.24) is 0 Å². The number of likely N-dealkylation sites (N-methyl/N-ethyl adjacent to an activating group) is 1. The highest BCUT2D eigenvalue weighted by atomic mass is 16.5. The van der Waals surface area contributed by atoms with Gasteiger partial charge in [0, 0.05) is 37.3 Å². The van der Waals surface area contributed by atoms with Crippen molar-refractivity contribution >= 4 is 39.0 Å². The summed E-state index contributed by atoms with van der Waals surface area (Å²) in [7, 11) is 2.16. The standard InChI is InChI=1S/C29H31N3O2/c1-28(2)20-12-6-7-13-21(20)31(3)29(28)18-30-26-24(34-29)17-22(32-15-9-4-10-16-32)27-25(26)19-11-5-8-14-23(19)33-27/h5-8,11-14,17,30H,4,9-10,15-16,18H2,1-3H3. The van der Waals surface area contributed by atoms with Gasteiger partial charge >= 0.3 is 0 Å². The van der Waals surface area contributed by atoms with Gasteiger partial charge in [-0.3, -0.25) is 0 Å². The second kappa shape index (κ2) is 6.84. The Labute approximate surface area is 200 Å². The highest BCUT2D eigenvalue weighted by molar-refractivity contribution is 6.16. The summed E-state index contributed by atoms with van der Waals surface area (Å²) < 4.78 is 13.6. The lowest BCUT2D eigenvalue weighted by molar-refractivity contribution is 0.0201. The van der Waals surface area contributed by atoms with E-state index in [1.54, 1.807) is 0 Å². The number of ether oxygens (including phenoxy) is 1. The van der Waals surface area contributed by atoms with E-state index in [0.717, 1.165) is 52.2 Å². The number of nitrogens with one attached hydrogen (secondary N) is 1. The van der Waals surface area contributed by atoms with Crippen molar-refractivity contribution < 1.29 is 9.15 Å². The SMILES string of the molecule is CN1c2ccccc2C(C)(C)C12CNc1c(cc(N3CCCCC3)c3oc4ccccc4c13)O2. The van der Waals surface area contributed by atoms with Gasteiger partial charge in [0.25, 0.3) is 0 Å². The maximum Gasteiger partial charge on any atom is 0.209 e. The summed E-state index contributed by atoms with van der Waals surface area (Å²) in [5.41, 5.74) is 5.95. The fourth-order valence-corrected chi connectivity index (χ4v) is 6.57. The Morgan fingerprint density at radius 3 is 2.50 bits per heavy atom. The highest BCUT2D eigenvalue weighted by Gasteiger charge is 2.59. The largest absolute Gasteiger partial charge is 0.463 e. The Morgan fingerprint density at radius 1 is 0.912 bits per heavy atom. The number of anilines is 3. The minimum Gasteiger partial charge on any atom is -0.463 e. The summed E-state index contributed by atoms with van der Waals surface area (Å²) in [6.45, 7) is 7.41. The maximum atomic E-state index is 7.14. The fraction of sp³-hybridized carbons (Fsp3) is 0.379. The van der Waals surface area contributed by atoms with Crippen LogP contribution in [0, 0.1) is 0 Å². The van der Waals surface area contributed by atoms with Crippen molar-refractivity contribution in [2.45, 2.75) is 44.2 Å². The molecule has 3 aromatic carbocycles. The van der Waals surface area contributed by atoms with Gasteiger partial charge in [0.2, 0.25) is 5.72 Å². The average molecular weight is 454 g/mol. The van der Waals surface area contributed by atoms with Gasteiger partial charge in [-0.15, -0.1) is 0 Å². The number of piperidine rings is 1. The van der Waals surface area contributed by atoms with Crippen LogP contribution in [-0.2, 0) is 5.41 Å². The van der Waals surface area contributed by atoms with Crippen molar-refractivity contribution in [2.75, 3.05) is 41.8 Å². The van der Waals surface area contributed by atoms with E-state index < -0.39 is 5.72 Å². The van der Waals surface area contributed by atoms with Crippen LogP contribution in [0.3, 0.4) is 0 Å². The van der Waals surface area contributed by atoms with Crippen LogP contribution in [-0.4, -0.2) is 32.4 Å². The summed E-state index contributed by atoms with van der Waals surface area (Å²) in [5, 5.41) is 6.10. The molecule has 3 aliphatic rings. The van der Waals surface area contributed by atoms with Crippen LogP contribution >= 0.6 is 0 Å². The molecule has 4 heterocycles. The van der Waals surface area contributed by atoms with Crippen LogP contribution in [0.2, 0.25) is 0 Å². The van der Waals surface area contributed by atoms with Crippen molar-refractivity contribution in [2.24, 2.45) is 0 Å². The predicted octanol–water partition coefficient (Wildman–Crippen LogP) is 6.50. The molecular formula is C29H31N3O2. The number of nitrogens with zero attached hydrogens (tertiary/aromatic N) is 2. The number of benzene rings is 3. The number of hydrogen-bond acceptors (Lipinski definition) is 5. The minimum absolute atomic E-state index is 0.193. The average Bonchev–Trinajstić information content (AvgIpc) is 3.33. The number of furan rings is 1. The van der Waals surface area contributed by atoms with E-state index in [9.17, 15) is 0 Å². The maximum absolute atomic E-state index is 7.14. The first-order chi connectivity index (χ1) is 16.5. The molecule has 1 unspecified atom stereocenters. The second-order valence-electron chi connectivity index (χ2n) is 10.6. The van der Waals surface area contributed by atoms with Gasteiger partial charge in [-0.2, -0.15) is 0 Å². The van der Waals surface area contributed by atoms with Crippen LogP contribution in [0.25, 0.3) is 21.9 Å². The van der Waals surface area contributed by atoms with E-state index in [1.165, 1.54) is 30.5 Å². The molecule has 5 heteroatoms. The first-order valence-electron chi connectivity index (χ1n) is 12.5. The van der Waals surface area contributed by atoms with Crippen LogP contribution in [0.5, 0.6) is 5.75 Å². The highest BCUT2D eigenvalue weighted by Crippen LogP contribution is 2.56. The van der Waals surface area contributed by atoms with E-state index in [2.05, 4.69) is 84.5 Å². The van der Waals surface area contributed by atoms with E-state index in [-0.39, 0.29) is 5.41 Å². The third-order valence-electron chi connectivity index (χ3n) is 8.53. The topological polar surface area (TPSA) is 40.9 Å². The van der Waals surface area contributed by atoms with Crippen molar-refractivity contribution in [3.05, 3.63) is 60.2 Å². The molecule has 0 aliphatic carbocycles. The molecule has 174 valence electrons. The zero-order valence-corrected chi connectivity index (χ0v) is 20.1. The molecule has 5 nitrogen and oxygen atoms in total. The number of fused-ring (bicyclic) bond motifs is 6. The van der Waals surface area contributed by atoms with Crippen LogP contribution in [0.15, 0.2) is 59.0 Å². The molecule has 1 fully saturated rings. The molecule has 0 radical (unpaired) electrons. The summed E-state index contributed by atoms with van der Waals surface area (Å²) in [6, 6.07) is 19.3. The predicted molar refractivity (Wildman–Crippen MR) is 140 cm³/mol. The molecule has 1 N–H and O–H groups in total. The molecule has 0 amide bonds. The summed E-state index contributed by atoms with van der Waals surface area (Å²) in [6.07, 6.45) is 3.73. The molecule has 1 saturated heterocycles. The molecule has 1 aromatic heterocycles. The quantitative estimate of drug-likeness (QED) is 0.356. The Kier molecular flexibility index (Phi) is 4.04. The molecular weight excluding hydrogens is 422 g/mol. The van der Waals surface area contributed by atoms with E-state index in [4.69, 9.17) is 9.15 Å². The van der Waals surface area contributed by atoms with Crippen molar-refractivity contribution in [3.8, 4) is 5.75 Å². The smallest absolute Gasteiger partial charge is 0.209 e. The Bertz CT molecular complexity index is 1430. The van der Waals surface area contributed by atoms with Gasteiger partial charge in [0.1, 0.15) is 11.3 Å². The van der Waals surface area contributed by atoms with Crippen LogP contribution < -0.4 is 19.9 Å². The Hall–Kier alpha value is -3.34. The Balaban J connectivity index is 1.45. The molecule has 1 spiro atoms. The van der Waals surface area contributed by atoms with E-state index >= 15 is 0 Å². The number of rotatable bonds is 1.